The summed E-state index contributed by atoms with van der Waals surface area (Å²) in [6.45, 7) is 4.06. The SMILES string of the molecule is O=C(NCc1cccc2c1OCCCO2)[C@@H]1C[C@H]1C1CCNCC1. The zero-order valence-electron chi connectivity index (χ0n) is 14.1. The number of rotatable bonds is 4. The molecule has 0 aromatic heterocycles. The molecule has 2 atom stereocenters. The number of piperidine rings is 1. The number of fused-ring (bicyclic) bond motifs is 1. The Labute approximate surface area is 143 Å². The standard InChI is InChI=1S/C19H26N2O3/c22-19(16-11-15(16)13-5-7-20-8-6-13)21-12-14-3-1-4-17-18(14)24-10-2-9-23-17/h1,3-4,13,15-16,20H,2,5-12H2,(H,21,22)/t15-,16+/m0/s1. The first-order chi connectivity index (χ1) is 11.8. The third kappa shape index (κ3) is 3.36. The minimum atomic E-state index is 0.200. The molecule has 2 heterocycles. The van der Waals surface area contributed by atoms with Crippen molar-refractivity contribution in [3.05, 3.63) is 23.8 Å². The Hall–Kier alpha value is -1.75. The highest BCUT2D eigenvalue weighted by Gasteiger charge is 2.47. The Morgan fingerprint density at radius 1 is 1.21 bits per heavy atom. The third-order valence-corrected chi connectivity index (χ3v) is 5.47. The van der Waals surface area contributed by atoms with Gasteiger partial charge in [0.2, 0.25) is 5.91 Å². The van der Waals surface area contributed by atoms with E-state index in [-0.39, 0.29) is 11.8 Å². The Morgan fingerprint density at radius 2 is 2.04 bits per heavy atom. The fourth-order valence-electron chi connectivity index (χ4n) is 4.02. The predicted octanol–water partition coefficient (Wildman–Crippen LogP) is 2.10. The molecule has 0 bridgehead atoms. The first-order valence-electron chi connectivity index (χ1n) is 9.19. The molecule has 130 valence electrons. The summed E-state index contributed by atoms with van der Waals surface area (Å²) in [5.74, 6) is 3.32. The number of nitrogens with one attached hydrogen (secondary N) is 2. The van der Waals surface area contributed by atoms with Gasteiger partial charge in [-0.25, -0.2) is 0 Å². The minimum absolute atomic E-state index is 0.200. The third-order valence-electron chi connectivity index (χ3n) is 5.47. The molecule has 4 rings (SSSR count). The van der Waals surface area contributed by atoms with Crippen molar-refractivity contribution in [3.8, 4) is 11.5 Å². The number of ether oxygens (including phenoxy) is 2. The number of benzene rings is 1. The zero-order chi connectivity index (χ0) is 16.4. The van der Waals surface area contributed by atoms with Crippen molar-refractivity contribution in [1.29, 1.82) is 0 Å². The molecule has 5 nitrogen and oxygen atoms in total. The number of hydrogen-bond acceptors (Lipinski definition) is 4. The molecule has 1 aromatic carbocycles. The van der Waals surface area contributed by atoms with Crippen LogP contribution in [-0.4, -0.2) is 32.2 Å². The summed E-state index contributed by atoms with van der Waals surface area (Å²) in [6, 6.07) is 5.90. The fourth-order valence-corrected chi connectivity index (χ4v) is 4.02. The van der Waals surface area contributed by atoms with Crippen LogP contribution in [0.4, 0.5) is 0 Å². The van der Waals surface area contributed by atoms with Gasteiger partial charge >= 0.3 is 0 Å². The van der Waals surface area contributed by atoms with E-state index in [1.807, 2.05) is 18.2 Å². The molecule has 0 radical (unpaired) electrons. The van der Waals surface area contributed by atoms with Gasteiger partial charge in [0.1, 0.15) is 0 Å². The summed E-state index contributed by atoms with van der Waals surface area (Å²) in [5, 5.41) is 6.51. The van der Waals surface area contributed by atoms with Gasteiger partial charge < -0.3 is 20.1 Å². The molecular formula is C19H26N2O3. The van der Waals surface area contributed by atoms with Crippen molar-refractivity contribution in [3.63, 3.8) is 0 Å². The van der Waals surface area contributed by atoms with Crippen molar-refractivity contribution < 1.29 is 14.3 Å². The molecule has 0 unspecified atom stereocenters. The number of amides is 1. The van der Waals surface area contributed by atoms with E-state index in [2.05, 4.69) is 10.6 Å². The van der Waals surface area contributed by atoms with Gasteiger partial charge in [0.25, 0.3) is 0 Å². The lowest BCUT2D eigenvalue weighted by Gasteiger charge is -2.22. The van der Waals surface area contributed by atoms with Crippen LogP contribution in [0.25, 0.3) is 0 Å². The van der Waals surface area contributed by atoms with Gasteiger partial charge in [-0.1, -0.05) is 12.1 Å². The highest BCUT2D eigenvalue weighted by Crippen LogP contribution is 2.47. The van der Waals surface area contributed by atoms with E-state index >= 15 is 0 Å². The quantitative estimate of drug-likeness (QED) is 0.888. The second-order valence-electron chi connectivity index (χ2n) is 7.11. The summed E-state index contributed by atoms with van der Waals surface area (Å²) in [6.07, 6.45) is 4.38. The highest BCUT2D eigenvalue weighted by atomic mass is 16.5. The lowest BCUT2D eigenvalue weighted by atomic mass is 9.92. The van der Waals surface area contributed by atoms with E-state index < -0.39 is 0 Å². The van der Waals surface area contributed by atoms with Crippen LogP contribution in [0.1, 0.15) is 31.2 Å². The molecular weight excluding hydrogens is 304 g/mol. The molecule has 1 aromatic rings. The summed E-state index contributed by atoms with van der Waals surface area (Å²) in [4.78, 5) is 12.5. The van der Waals surface area contributed by atoms with Crippen LogP contribution in [-0.2, 0) is 11.3 Å². The molecule has 2 fully saturated rings. The Balaban J connectivity index is 1.33. The average Bonchev–Trinajstić information content (AvgIpc) is 3.44. The summed E-state index contributed by atoms with van der Waals surface area (Å²) >= 11 is 0. The zero-order valence-corrected chi connectivity index (χ0v) is 14.1. The van der Waals surface area contributed by atoms with Crippen molar-refractivity contribution in [1.82, 2.24) is 10.6 Å². The number of para-hydroxylation sites is 1. The largest absolute Gasteiger partial charge is 0.490 e. The van der Waals surface area contributed by atoms with Crippen molar-refractivity contribution in [2.75, 3.05) is 26.3 Å². The van der Waals surface area contributed by atoms with Crippen molar-refractivity contribution in [2.45, 2.75) is 32.2 Å². The van der Waals surface area contributed by atoms with Gasteiger partial charge in [0, 0.05) is 24.4 Å². The molecule has 2 aliphatic heterocycles. The van der Waals surface area contributed by atoms with Crippen LogP contribution in [0.5, 0.6) is 11.5 Å². The van der Waals surface area contributed by atoms with Crippen LogP contribution in [0.2, 0.25) is 0 Å². The van der Waals surface area contributed by atoms with Gasteiger partial charge in [-0.2, -0.15) is 0 Å². The second-order valence-corrected chi connectivity index (χ2v) is 7.11. The van der Waals surface area contributed by atoms with E-state index in [4.69, 9.17) is 9.47 Å². The molecule has 1 saturated heterocycles. The number of carbonyl (C=O) groups excluding carboxylic acids is 1. The van der Waals surface area contributed by atoms with Gasteiger partial charge in [-0.3, -0.25) is 4.79 Å². The lowest BCUT2D eigenvalue weighted by Crippen LogP contribution is -2.31. The summed E-state index contributed by atoms with van der Waals surface area (Å²) < 4.78 is 11.5. The first kappa shape index (κ1) is 15.8. The average molecular weight is 330 g/mol. The van der Waals surface area contributed by atoms with E-state index in [9.17, 15) is 4.79 Å². The molecule has 0 spiro atoms. The van der Waals surface area contributed by atoms with Crippen molar-refractivity contribution >= 4 is 5.91 Å². The molecule has 24 heavy (non-hydrogen) atoms. The fraction of sp³-hybridized carbons (Fsp3) is 0.632. The van der Waals surface area contributed by atoms with Crippen LogP contribution in [0, 0.1) is 17.8 Å². The van der Waals surface area contributed by atoms with Crippen LogP contribution in [0.3, 0.4) is 0 Å². The molecule has 1 amide bonds. The van der Waals surface area contributed by atoms with Gasteiger partial charge in [-0.05, 0) is 50.3 Å². The molecule has 1 aliphatic carbocycles. The Morgan fingerprint density at radius 3 is 2.92 bits per heavy atom. The van der Waals surface area contributed by atoms with Crippen LogP contribution < -0.4 is 20.1 Å². The van der Waals surface area contributed by atoms with Gasteiger partial charge in [-0.15, -0.1) is 0 Å². The number of carbonyl (C=O) groups is 1. The second kappa shape index (κ2) is 7.01. The summed E-state index contributed by atoms with van der Waals surface area (Å²) in [5.41, 5.74) is 1.00. The molecule has 2 N–H and O–H groups in total. The topological polar surface area (TPSA) is 59.6 Å². The Kier molecular flexibility index (Phi) is 4.60. The van der Waals surface area contributed by atoms with Gasteiger partial charge in [0.15, 0.2) is 11.5 Å². The van der Waals surface area contributed by atoms with Crippen molar-refractivity contribution in [2.24, 2.45) is 17.8 Å². The highest BCUT2D eigenvalue weighted by molar-refractivity contribution is 5.81. The molecule has 1 saturated carbocycles. The van der Waals surface area contributed by atoms with E-state index in [1.165, 1.54) is 12.8 Å². The summed E-state index contributed by atoms with van der Waals surface area (Å²) in [7, 11) is 0. The van der Waals surface area contributed by atoms with E-state index in [0.29, 0.717) is 25.7 Å². The maximum Gasteiger partial charge on any atom is 0.223 e. The first-order valence-corrected chi connectivity index (χ1v) is 9.19. The van der Waals surface area contributed by atoms with Crippen LogP contribution >= 0.6 is 0 Å². The van der Waals surface area contributed by atoms with E-state index in [1.54, 1.807) is 0 Å². The normalized spacial score (nSPS) is 26.5. The smallest absolute Gasteiger partial charge is 0.223 e. The molecule has 3 aliphatic rings. The lowest BCUT2D eigenvalue weighted by molar-refractivity contribution is -0.123. The van der Waals surface area contributed by atoms with Crippen LogP contribution in [0.15, 0.2) is 18.2 Å². The number of hydrogen-bond donors (Lipinski definition) is 2. The minimum Gasteiger partial charge on any atom is -0.490 e. The molecule has 5 heteroatoms. The predicted molar refractivity (Wildman–Crippen MR) is 91.1 cm³/mol. The Bertz CT molecular complexity index is 598. The van der Waals surface area contributed by atoms with Gasteiger partial charge in [0.05, 0.1) is 13.2 Å². The van der Waals surface area contributed by atoms with E-state index in [0.717, 1.165) is 48.9 Å². The maximum atomic E-state index is 12.5. The maximum absolute atomic E-state index is 12.5. The monoisotopic (exact) mass is 330 g/mol.